The highest BCUT2D eigenvalue weighted by Gasteiger charge is 2.20. The number of carbonyl (C=O) groups is 1. The van der Waals surface area contributed by atoms with Crippen molar-refractivity contribution in [3.63, 3.8) is 0 Å². The molecule has 23 heavy (non-hydrogen) atoms. The van der Waals surface area contributed by atoms with Crippen molar-refractivity contribution >= 4 is 11.6 Å². The molecule has 5 nitrogen and oxygen atoms in total. The van der Waals surface area contributed by atoms with Crippen molar-refractivity contribution in [2.45, 2.75) is 19.8 Å². The summed E-state index contributed by atoms with van der Waals surface area (Å²) in [5.41, 5.74) is 1.88. The van der Waals surface area contributed by atoms with Crippen molar-refractivity contribution in [3.05, 3.63) is 48.2 Å². The molecule has 0 unspecified atom stereocenters. The molecular weight excluding hydrogens is 290 g/mol. The van der Waals surface area contributed by atoms with E-state index in [-0.39, 0.29) is 11.8 Å². The first-order valence-electron chi connectivity index (χ1n) is 7.93. The second kappa shape index (κ2) is 7.24. The van der Waals surface area contributed by atoms with Crippen LogP contribution >= 0.6 is 0 Å². The van der Waals surface area contributed by atoms with Crippen LogP contribution in [0, 0.1) is 12.8 Å². The number of amides is 1. The molecule has 2 heterocycles. The first-order chi connectivity index (χ1) is 11.2. The summed E-state index contributed by atoms with van der Waals surface area (Å²) in [4.78, 5) is 16.4. The highest BCUT2D eigenvalue weighted by atomic mass is 16.5. The maximum atomic E-state index is 12.2. The fraction of sp³-hybridized carbons (Fsp3) is 0.333. The lowest BCUT2D eigenvalue weighted by Gasteiger charge is -2.21. The molecule has 0 aliphatic carbocycles. The first kappa shape index (κ1) is 15.5. The molecule has 0 bridgehead atoms. The number of rotatable bonds is 4. The van der Waals surface area contributed by atoms with Gasteiger partial charge in [0.2, 0.25) is 11.8 Å². The Balaban J connectivity index is 1.58. The van der Waals surface area contributed by atoms with Crippen molar-refractivity contribution in [2.75, 3.05) is 18.4 Å². The van der Waals surface area contributed by atoms with Gasteiger partial charge < -0.3 is 15.4 Å². The van der Waals surface area contributed by atoms with E-state index in [1.807, 2.05) is 37.3 Å². The third-order valence-electron chi connectivity index (χ3n) is 3.96. The van der Waals surface area contributed by atoms with Gasteiger partial charge in [-0.15, -0.1) is 0 Å². The molecule has 0 saturated carbocycles. The molecule has 1 aliphatic rings. The summed E-state index contributed by atoms with van der Waals surface area (Å²) < 4.78 is 5.68. The zero-order valence-corrected chi connectivity index (χ0v) is 13.2. The summed E-state index contributed by atoms with van der Waals surface area (Å²) in [6, 6.07) is 11.4. The van der Waals surface area contributed by atoms with Crippen LogP contribution in [0.2, 0.25) is 0 Å². The average molecular weight is 311 g/mol. The van der Waals surface area contributed by atoms with Crippen LogP contribution in [0.4, 0.5) is 5.69 Å². The Bertz CT molecular complexity index is 647. The summed E-state index contributed by atoms with van der Waals surface area (Å²) in [6.45, 7) is 3.83. The van der Waals surface area contributed by atoms with Gasteiger partial charge in [0.15, 0.2) is 0 Å². The number of nitrogens with zero attached hydrogens (tertiary/aromatic N) is 1. The number of aromatic nitrogens is 1. The SMILES string of the molecule is Cc1ccc(Oc2ccc(NC(=O)C3CCNCC3)cn2)cc1. The predicted octanol–water partition coefficient (Wildman–Crippen LogP) is 3.12. The molecule has 1 aliphatic heterocycles. The zero-order valence-electron chi connectivity index (χ0n) is 13.2. The van der Waals surface area contributed by atoms with E-state index in [1.165, 1.54) is 5.56 Å². The van der Waals surface area contributed by atoms with Crippen molar-refractivity contribution < 1.29 is 9.53 Å². The number of carbonyl (C=O) groups excluding carboxylic acids is 1. The number of nitrogens with one attached hydrogen (secondary N) is 2. The normalized spacial score (nSPS) is 15.2. The molecule has 0 spiro atoms. The minimum Gasteiger partial charge on any atom is -0.439 e. The van der Waals surface area contributed by atoms with Crippen LogP contribution in [-0.2, 0) is 4.79 Å². The molecule has 3 rings (SSSR count). The minimum atomic E-state index is 0.0699. The molecule has 120 valence electrons. The summed E-state index contributed by atoms with van der Waals surface area (Å²) in [6.07, 6.45) is 3.39. The molecule has 0 atom stereocenters. The Morgan fingerprint density at radius 1 is 1.17 bits per heavy atom. The van der Waals surface area contributed by atoms with Gasteiger partial charge in [0.25, 0.3) is 0 Å². The molecule has 1 aromatic heterocycles. The van der Waals surface area contributed by atoms with Gasteiger partial charge in [-0.25, -0.2) is 4.98 Å². The molecular formula is C18H21N3O2. The number of hydrogen-bond acceptors (Lipinski definition) is 4. The van der Waals surface area contributed by atoms with Gasteiger partial charge in [-0.1, -0.05) is 17.7 Å². The van der Waals surface area contributed by atoms with E-state index < -0.39 is 0 Å². The van der Waals surface area contributed by atoms with Gasteiger partial charge in [-0.2, -0.15) is 0 Å². The lowest BCUT2D eigenvalue weighted by atomic mass is 9.97. The summed E-state index contributed by atoms with van der Waals surface area (Å²) >= 11 is 0. The van der Waals surface area contributed by atoms with Crippen LogP contribution < -0.4 is 15.4 Å². The van der Waals surface area contributed by atoms with E-state index in [0.29, 0.717) is 11.6 Å². The minimum absolute atomic E-state index is 0.0699. The van der Waals surface area contributed by atoms with Crippen LogP contribution in [0.5, 0.6) is 11.6 Å². The van der Waals surface area contributed by atoms with Gasteiger partial charge in [-0.3, -0.25) is 4.79 Å². The van der Waals surface area contributed by atoms with Gasteiger partial charge in [0.05, 0.1) is 11.9 Å². The summed E-state index contributed by atoms with van der Waals surface area (Å²) in [5, 5.41) is 6.18. The van der Waals surface area contributed by atoms with E-state index in [2.05, 4.69) is 15.6 Å². The third kappa shape index (κ3) is 4.29. The quantitative estimate of drug-likeness (QED) is 0.910. The molecule has 1 fully saturated rings. The highest BCUT2D eigenvalue weighted by molar-refractivity contribution is 5.92. The van der Waals surface area contributed by atoms with Crippen molar-refractivity contribution in [3.8, 4) is 11.6 Å². The van der Waals surface area contributed by atoms with Crippen LogP contribution in [-0.4, -0.2) is 24.0 Å². The number of piperidine rings is 1. The standard InChI is InChI=1S/C18H21N3O2/c1-13-2-5-16(6-3-13)23-17-7-4-15(12-20-17)21-18(22)14-8-10-19-11-9-14/h2-7,12,14,19H,8-11H2,1H3,(H,21,22). The van der Waals surface area contributed by atoms with E-state index in [9.17, 15) is 4.79 Å². The smallest absolute Gasteiger partial charge is 0.227 e. The van der Waals surface area contributed by atoms with Gasteiger partial charge in [-0.05, 0) is 51.1 Å². The third-order valence-corrected chi connectivity index (χ3v) is 3.96. The summed E-state index contributed by atoms with van der Waals surface area (Å²) in [5.74, 6) is 1.41. The molecule has 2 aromatic rings. The van der Waals surface area contributed by atoms with E-state index in [1.54, 1.807) is 12.3 Å². The van der Waals surface area contributed by atoms with Crippen molar-refractivity contribution in [1.82, 2.24) is 10.3 Å². The number of benzene rings is 1. The molecule has 1 saturated heterocycles. The predicted molar refractivity (Wildman–Crippen MR) is 89.7 cm³/mol. The van der Waals surface area contributed by atoms with Crippen LogP contribution in [0.3, 0.4) is 0 Å². The Morgan fingerprint density at radius 3 is 2.57 bits per heavy atom. The van der Waals surface area contributed by atoms with Crippen LogP contribution in [0.25, 0.3) is 0 Å². The number of anilines is 1. The fourth-order valence-corrected chi connectivity index (χ4v) is 2.57. The number of pyridine rings is 1. The molecule has 2 N–H and O–H groups in total. The Morgan fingerprint density at radius 2 is 1.91 bits per heavy atom. The van der Waals surface area contributed by atoms with Gasteiger partial charge in [0, 0.05) is 12.0 Å². The molecule has 1 amide bonds. The van der Waals surface area contributed by atoms with Crippen LogP contribution in [0.1, 0.15) is 18.4 Å². The maximum absolute atomic E-state index is 12.2. The molecule has 1 aromatic carbocycles. The highest BCUT2D eigenvalue weighted by Crippen LogP contribution is 2.21. The second-order valence-electron chi connectivity index (χ2n) is 5.81. The van der Waals surface area contributed by atoms with Crippen LogP contribution in [0.15, 0.2) is 42.6 Å². The molecule has 5 heteroatoms. The Hall–Kier alpha value is -2.40. The zero-order chi connectivity index (χ0) is 16.1. The lowest BCUT2D eigenvalue weighted by Crippen LogP contribution is -2.34. The van der Waals surface area contributed by atoms with E-state index in [0.717, 1.165) is 31.7 Å². The number of aryl methyl sites for hydroxylation is 1. The van der Waals surface area contributed by atoms with Gasteiger partial charge in [0.1, 0.15) is 5.75 Å². The van der Waals surface area contributed by atoms with Crippen molar-refractivity contribution in [2.24, 2.45) is 5.92 Å². The Labute approximate surface area is 136 Å². The maximum Gasteiger partial charge on any atom is 0.227 e. The number of hydrogen-bond donors (Lipinski definition) is 2. The van der Waals surface area contributed by atoms with E-state index in [4.69, 9.17) is 4.74 Å². The monoisotopic (exact) mass is 311 g/mol. The second-order valence-corrected chi connectivity index (χ2v) is 5.81. The summed E-state index contributed by atoms with van der Waals surface area (Å²) in [7, 11) is 0. The van der Waals surface area contributed by atoms with Gasteiger partial charge >= 0.3 is 0 Å². The van der Waals surface area contributed by atoms with Crippen molar-refractivity contribution in [1.29, 1.82) is 0 Å². The Kier molecular flexibility index (Phi) is 4.88. The topological polar surface area (TPSA) is 63.2 Å². The van der Waals surface area contributed by atoms with E-state index >= 15 is 0 Å². The first-order valence-corrected chi connectivity index (χ1v) is 7.93. The largest absolute Gasteiger partial charge is 0.439 e. The average Bonchev–Trinajstić information content (AvgIpc) is 2.59. The lowest BCUT2D eigenvalue weighted by molar-refractivity contribution is -0.120. The fourth-order valence-electron chi connectivity index (χ4n) is 2.57. The number of ether oxygens (including phenoxy) is 1. The molecule has 0 radical (unpaired) electrons.